The van der Waals surface area contributed by atoms with Gasteiger partial charge in [0.1, 0.15) is 5.54 Å². The summed E-state index contributed by atoms with van der Waals surface area (Å²) in [5, 5.41) is 13.2. The Morgan fingerprint density at radius 1 is 1.21 bits per heavy atom. The van der Waals surface area contributed by atoms with Crippen LogP contribution in [0.2, 0.25) is 0 Å². The summed E-state index contributed by atoms with van der Waals surface area (Å²) in [6.45, 7) is 1.50. The maximum absolute atomic E-state index is 12.4. The number of aromatic nitrogens is 1. The van der Waals surface area contributed by atoms with Gasteiger partial charge >= 0.3 is 5.97 Å². The van der Waals surface area contributed by atoms with Crippen molar-refractivity contribution in [2.75, 3.05) is 0 Å². The van der Waals surface area contributed by atoms with Gasteiger partial charge in [-0.3, -0.25) is 4.79 Å². The summed E-state index contributed by atoms with van der Waals surface area (Å²) in [7, 11) is 0. The zero-order valence-electron chi connectivity index (χ0n) is 15.9. The Morgan fingerprint density at radius 2 is 1.96 bits per heavy atom. The van der Waals surface area contributed by atoms with Crippen molar-refractivity contribution in [3.8, 4) is 6.07 Å². The Bertz CT molecular complexity index is 939. The summed E-state index contributed by atoms with van der Waals surface area (Å²) in [5.41, 5.74) is 0.611. The lowest BCUT2D eigenvalue weighted by molar-refractivity contribution is -0.150. The van der Waals surface area contributed by atoms with Gasteiger partial charge in [0.15, 0.2) is 6.10 Å². The largest absolute Gasteiger partial charge is 0.449 e. The third-order valence-corrected chi connectivity index (χ3v) is 4.96. The van der Waals surface area contributed by atoms with Gasteiger partial charge in [-0.15, -0.1) is 0 Å². The minimum absolute atomic E-state index is 0.450. The van der Waals surface area contributed by atoms with E-state index in [1.165, 1.54) is 13.0 Å². The molecule has 3 rings (SSSR count). The number of nitrogens with zero attached hydrogens (tertiary/aromatic N) is 2. The lowest BCUT2D eigenvalue weighted by Crippen LogP contribution is -2.52. The van der Waals surface area contributed by atoms with E-state index in [1.54, 1.807) is 6.08 Å². The van der Waals surface area contributed by atoms with Crippen LogP contribution in [0.15, 0.2) is 42.5 Å². The van der Waals surface area contributed by atoms with Gasteiger partial charge < -0.3 is 10.1 Å². The molecule has 1 amide bonds. The highest BCUT2D eigenvalue weighted by atomic mass is 16.5. The number of carbonyl (C=O) groups is 2. The molecule has 1 saturated carbocycles. The fourth-order valence-electron chi connectivity index (χ4n) is 3.35. The zero-order valence-corrected chi connectivity index (χ0v) is 15.9. The van der Waals surface area contributed by atoms with E-state index in [0.717, 1.165) is 30.2 Å². The van der Waals surface area contributed by atoms with Crippen LogP contribution in [0.3, 0.4) is 0 Å². The molecular weight excluding hydrogens is 354 g/mol. The summed E-state index contributed by atoms with van der Waals surface area (Å²) in [6, 6.07) is 13.7. The number of amides is 1. The Hall–Kier alpha value is -3.20. The van der Waals surface area contributed by atoms with Crippen molar-refractivity contribution in [1.82, 2.24) is 10.3 Å². The number of esters is 1. The van der Waals surface area contributed by atoms with E-state index in [2.05, 4.69) is 16.4 Å². The van der Waals surface area contributed by atoms with Gasteiger partial charge in [-0.25, -0.2) is 9.78 Å². The van der Waals surface area contributed by atoms with Crippen LogP contribution in [0.1, 0.15) is 44.7 Å². The molecule has 6 nitrogen and oxygen atoms in total. The molecular formula is C22H23N3O3. The molecule has 1 unspecified atom stereocenters. The fourth-order valence-corrected chi connectivity index (χ4v) is 3.35. The lowest BCUT2D eigenvalue weighted by atomic mass is 9.83. The van der Waals surface area contributed by atoms with Crippen molar-refractivity contribution in [3.63, 3.8) is 0 Å². The minimum atomic E-state index is -0.978. The molecule has 2 aromatic rings. The van der Waals surface area contributed by atoms with Gasteiger partial charge in [0, 0.05) is 11.5 Å². The molecule has 6 heteroatoms. The van der Waals surface area contributed by atoms with Gasteiger partial charge in [0.2, 0.25) is 0 Å². The Kier molecular flexibility index (Phi) is 6.05. The maximum atomic E-state index is 12.4. The molecule has 28 heavy (non-hydrogen) atoms. The fraction of sp³-hybridized carbons (Fsp3) is 0.364. The second-order valence-electron chi connectivity index (χ2n) is 7.09. The van der Waals surface area contributed by atoms with E-state index >= 15 is 0 Å². The highest BCUT2D eigenvalue weighted by Gasteiger charge is 2.35. The molecule has 0 radical (unpaired) electrons. The predicted octanol–water partition coefficient (Wildman–Crippen LogP) is 3.52. The molecule has 0 bridgehead atoms. The van der Waals surface area contributed by atoms with Crippen molar-refractivity contribution in [3.05, 3.63) is 48.2 Å². The number of hydrogen-bond acceptors (Lipinski definition) is 5. The van der Waals surface area contributed by atoms with E-state index in [-0.39, 0.29) is 0 Å². The number of benzene rings is 1. The molecule has 1 heterocycles. The number of nitriles is 1. The monoisotopic (exact) mass is 377 g/mol. The topological polar surface area (TPSA) is 92.1 Å². The smallest absolute Gasteiger partial charge is 0.331 e. The van der Waals surface area contributed by atoms with Gasteiger partial charge in [0.25, 0.3) is 5.91 Å². The van der Waals surface area contributed by atoms with Crippen LogP contribution >= 0.6 is 0 Å². The van der Waals surface area contributed by atoms with Gasteiger partial charge in [0.05, 0.1) is 17.3 Å². The van der Waals surface area contributed by atoms with Gasteiger partial charge in [-0.2, -0.15) is 5.26 Å². The predicted molar refractivity (Wildman–Crippen MR) is 106 cm³/mol. The van der Waals surface area contributed by atoms with Crippen molar-refractivity contribution >= 4 is 28.9 Å². The summed E-state index contributed by atoms with van der Waals surface area (Å²) in [5.74, 6) is -1.08. The molecule has 1 aliphatic carbocycles. The second kappa shape index (κ2) is 8.66. The van der Waals surface area contributed by atoms with E-state index in [4.69, 9.17) is 4.74 Å². The Balaban J connectivity index is 1.57. The Labute approximate surface area is 164 Å². The first kappa shape index (κ1) is 19.6. The van der Waals surface area contributed by atoms with Crippen molar-refractivity contribution in [1.29, 1.82) is 5.26 Å². The number of ether oxygens (including phenoxy) is 1. The maximum Gasteiger partial charge on any atom is 0.331 e. The highest BCUT2D eigenvalue weighted by Crippen LogP contribution is 2.27. The number of para-hydroxylation sites is 1. The molecule has 1 aromatic carbocycles. The highest BCUT2D eigenvalue weighted by molar-refractivity contribution is 5.91. The van der Waals surface area contributed by atoms with Gasteiger partial charge in [-0.05, 0) is 38.0 Å². The quantitative estimate of drug-likeness (QED) is 0.636. The number of hydrogen-bond donors (Lipinski definition) is 1. The molecule has 1 aromatic heterocycles. The molecule has 1 atom stereocenters. The number of carbonyl (C=O) groups excluding carboxylic acids is 2. The van der Waals surface area contributed by atoms with Crippen LogP contribution in [-0.4, -0.2) is 28.5 Å². The first-order valence-corrected chi connectivity index (χ1v) is 9.49. The molecule has 1 fully saturated rings. The first-order valence-electron chi connectivity index (χ1n) is 9.49. The van der Waals surface area contributed by atoms with Crippen LogP contribution in [0.25, 0.3) is 17.0 Å². The normalized spacial score (nSPS) is 17.0. The minimum Gasteiger partial charge on any atom is -0.449 e. The molecule has 144 valence electrons. The standard InChI is InChI=1S/C22H23N3O3/c1-16(21(27)25-22(15-23)13-5-2-6-14-22)28-20(26)12-11-18-10-9-17-7-3-4-8-19(17)24-18/h3-4,7-12,16H,2,5-6,13-14H2,1H3,(H,25,27)/b12-11+. The second-order valence-corrected chi connectivity index (χ2v) is 7.09. The van der Waals surface area contributed by atoms with Crippen LogP contribution in [0.5, 0.6) is 0 Å². The summed E-state index contributed by atoms with van der Waals surface area (Å²) < 4.78 is 5.18. The average molecular weight is 377 g/mol. The van der Waals surface area contributed by atoms with Crippen LogP contribution in [0.4, 0.5) is 0 Å². The van der Waals surface area contributed by atoms with Crippen molar-refractivity contribution in [2.24, 2.45) is 0 Å². The third-order valence-electron chi connectivity index (χ3n) is 4.96. The third kappa shape index (κ3) is 4.74. The average Bonchev–Trinajstić information content (AvgIpc) is 2.72. The SMILES string of the molecule is CC(OC(=O)/C=C/c1ccc2ccccc2n1)C(=O)NC1(C#N)CCCCC1. The number of fused-ring (bicyclic) bond motifs is 1. The number of rotatable bonds is 5. The number of nitrogens with one attached hydrogen (secondary N) is 1. The molecule has 1 N–H and O–H groups in total. The van der Waals surface area contributed by atoms with E-state index in [0.29, 0.717) is 18.5 Å². The summed E-state index contributed by atoms with van der Waals surface area (Å²) in [4.78, 5) is 28.9. The van der Waals surface area contributed by atoms with Crippen LogP contribution < -0.4 is 5.32 Å². The molecule has 0 aliphatic heterocycles. The zero-order chi connectivity index (χ0) is 20.0. The van der Waals surface area contributed by atoms with Crippen LogP contribution in [-0.2, 0) is 14.3 Å². The van der Waals surface area contributed by atoms with Gasteiger partial charge in [-0.1, -0.05) is 43.5 Å². The molecule has 0 spiro atoms. The van der Waals surface area contributed by atoms with Crippen molar-refractivity contribution < 1.29 is 14.3 Å². The van der Waals surface area contributed by atoms with E-state index in [9.17, 15) is 14.9 Å². The summed E-state index contributed by atoms with van der Waals surface area (Å²) >= 11 is 0. The summed E-state index contributed by atoms with van der Waals surface area (Å²) in [6.07, 6.45) is 5.96. The van der Waals surface area contributed by atoms with Crippen molar-refractivity contribution in [2.45, 2.75) is 50.7 Å². The van der Waals surface area contributed by atoms with E-state index in [1.807, 2.05) is 36.4 Å². The molecule has 1 aliphatic rings. The van der Waals surface area contributed by atoms with E-state index < -0.39 is 23.5 Å². The lowest BCUT2D eigenvalue weighted by Gasteiger charge is -2.32. The Morgan fingerprint density at radius 3 is 2.71 bits per heavy atom. The van der Waals surface area contributed by atoms with Crippen LogP contribution in [0, 0.1) is 11.3 Å². The molecule has 0 saturated heterocycles. The number of pyridine rings is 1. The first-order chi connectivity index (χ1) is 13.5.